The van der Waals surface area contributed by atoms with Crippen LogP contribution in [-0.4, -0.2) is 16.0 Å². The minimum absolute atomic E-state index is 0.238. The van der Waals surface area contributed by atoms with Gasteiger partial charge >= 0.3 is 0 Å². The third-order valence-corrected chi connectivity index (χ3v) is 2.76. The number of rotatable bonds is 3. The number of phenolic OH excluding ortho intramolecular Hbond substituents is 2. The van der Waals surface area contributed by atoms with Crippen molar-refractivity contribution in [2.75, 3.05) is 0 Å². The Morgan fingerprint density at radius 1 is 1.10 bits per heavy atom. The molecule has 2 aromatic carbocycles. The molecule has 0 spiro atoms. The summed E-state index contributed by atoms with van der Waals surface area (Å²) >= 11 is 0. The molecular weight excluding hydrogens is 254 g/mol. The molecule has 20 heavy (non-hydrogen) atoms. The second kappa shape index (κ2) is 5.72. The quantitative estimate of drug-likeness (QED) is 0.508. The first-order valence-electron chi connectivity index (χ1n) is 5.85. The van der Waals surface area contributed by atoms with Crippen LogP contribution in [0.1, 0.15) is 21.5 Å². The Morgan fingerprint density at radius 3 is 2.45 bits per heavy atom. The molecule has 0 atom stereocenters. The molecule has 4 nitrogen and oxygen atoms in total. The topological polar surface area (TPSA) is 81.3 Å². The van der Waals surface area contributed by atoms with Crippen LogP contribution in [0.2, 0.25) is 0 Å². The first kappa shape index (κ1) is 13.4. The first-order valence-corrected chi connectivity index (χ1v) is 5.85. The Balaban J connectivity index is 2.20. The maximum absolute atomic E-state index is 11.9. The van der Waals surface area contributed by atoms with E-state index >= 15 is 0 Å². The SMILES string of the molecule is N#Cc1ccc(C(=O)C=Cc2cccc(O)c2O)cc1. The lowest BCUT2D eigenvalue weighted by Crippen LogP contribution is -1.93. The fourth-order valence-corrected chi connectivity index (χ4v) is 1.65. The molecule has 0 amide bonds. The maximum Gasteiger partial charge on any atom is 0.185 e. The van der Waals surface area contributed by atoms with Crippen LogP contribution in [-0.2, 0) is 0 Å². The standard InChI is InChI=1S/C16H11NO3/c17-10-11-4-6-12(7-5-11)14(18)9-8-13-2-1-3-15(19)16(13)20/h1-9,19-20H. The Hall–Kier alpha value is -3.06. The van der Waals surface area contributed by atoms with Crippen molar-refractivity contribution in [2.24, 2.45) is 0 Å². The lowest BCUT2D eigenvalue weighted by atomic mass is 10.1. The number of phenols is 2. The number of para-hydroxylation sites is 1. The van der Waals surface area contributed by atoms with E-state index in [1.165, 1.54) is 18.2 Å². The normalized spacial score (nSPS) is 10.3. The van der Waals surface area contributed by atoms with Gasteiger partial charge < -0.3 is 10.2 Å². The minimum Gasteiger partial charge on any atom is -0.504 e. The molecule has 98 valence electrons. The first-order chi connectivity index (χ1) is 9.61. The van der Waals surface area contributed by atoms with Crippen molar-refractivity contribution >= 4 is 11.9 Å². The highest BCUT2D eigenvalue weighted by molar-refractivity contribution is 6.07. The number of carbonyl (C=O) groups is 1. The number of allylic oxidation sites excluding steroid dienone is 1. The average Bonchev–Trinajstić information content (AvgIpc) is 2.48. The van der Waals surface area contributed by atoms with E-state index < -0.39 is 0 Å². The molecule has 0 bridgehead atoms. The monoisotopic (exact) mass is 265 g/mol. The van der Waals surface area contributed by atoms with Gasteiger partial charge in [0.25, 0.3) is 0 Å². The predicted molar refractivity (Wildman–Crippen MR) is 74.3 cm³/mol. The van der Waals surface area contributed by atoms with E-state index in [1.54, 1.807) is 36.4 Å². The molecule has 4 heteroatoms. The van der Waals surface area contributed by atoms with Crippen LogP contribution in [0.3, 0.4) is 0 Å². The van der Waals surface area contributed by atoms with E-state index in [4.69, 9.17) is 5.26 Å². The van der Waals surface area contributed by atoms with Crippen molar-refractivity contribution in [3.63, 3.8) is 0 Å². The molecule has 0 saturated carbocycles. The largest absolute Gasteiger partial charge is 0.504 e. The van der Waals surface area contributed by atoms with Crippen molar-refractivity contribution in [1.82, 2.24) is 0 Å². The molecule has 0 fully saturated rings. The summed E-state index contributed by atoms with van der Waals surface area (Å²) in [5.74, 6) is -0.758. The summed E-state index contributed by atoms with van der Waals surface area (Å²) in [5, 5.41) is 27.6. The Bertz CT molecular complexity index is 709. The summed E-state index contributed by atoms with van der Waals surface area (Å²) in [6, 6.07) is 12.7. The summed E-state index contributed by atoms with van der Waals surface area (Å²) in [7, 11) is 0. The van der Waals surface area contributed by atoms with Gasteiger partial charge in [-0.2, -0.15) is 5.26 Å². The van der Waals surface area contributed by atoms with Crippen LogP contribution >= 0.6 is 0 Å². The number of nitrogens with zero attached hydrogens (tertiary/aromatic N) is 1. The molecule has 0 aliphatic heterocycles. The van der Waals surface area contributed by atoms with Crippen molar-refractivity contribution in [2.45, 2.75) is 0 Å². The number of nitriles is 1. The van der Waals surface area contributed by atoms with Crippen LogP contribution < -0.4 is 0 Å². The number of carbonyl (C=O) groups excluding carboxylic acids is 1. The smallest absolute Gasteiger partial charge is 0.185 e. The van der Waals surface area contributed by atoms with Crippen molar-refractivity contribution in [3.05, 3.63) is 65.2 Å². The fourth-order valence-electron chi connectivity index (χ4n) is 1.65. The lowest BCUT2D eigenvalue weighted by molar-refractivity contribution is 0.104. The molecule has 0 heterocycles. The summed E-state index contributed by atoms with van der Waals surface area (Å²) in [4.78, 5) is 11.9. The third kappa shape index (κ3) is 2.85. The van der Waals surface area contributed by atoms with Gasteiger partial charge in [-0.05, 0) is 42.5 Å². The predicted octanol–water partition coefficient (Wildman–Crippen LogP) is 2.87. The van der Waals surface area contributed by atoms with E-state index in [9.17, 15) is 15.0 Å². The zero-order valence-corrected chi connectivity index (χ0v) is 10.4. The molecule has 0 radical (unpaired) electrons. The number of ketones is 1. The molecule has 2 N–H and O–H groups in total. The molecule has 0 aliphatic rings. The van der Waals surface area contributed by atoms with Gasteiger partial charge in [0.05, 0.1) is 11.6 Å². The van der Waals surface area contributed by atoms with Crippen LogP contribution in [0.15, 0.2) is 48.5 Å². The van der Waals surface area contributed by atoms with Gasteiger partial charge in [0.15, 0.2) is 17.3 Å². The molecule has 0 saturated heterocycles. The van der Waals surface area contributed by atoms with Crippen molar-refractivity contribution < 1.29 is 15.0 Å². The van der Waals surface area contributed by atoms with Gasteiger partial charge in [-0.1, -0.05) is 12.1 Å². The Morgan fingerprint density at radius 2 is 1.80 bits per heavy atom. The molecule has 2 rings (SSSR count). The van der Waals surface area contributed by atoms with E-state index in [1.807, 2.05) is 6.07 Å². The second-order valence-electron chi connectivity index (χ2n) is 4.10. The van der Waals surface area contributed by atoms with Gasteiger partial charge in [-0.3, -0.25) is 4.79 Å². The molecule has 2 aromatic rings. The average molecular weight is 265 g/mol. The van der Waals surface area contributed by atoms with Crippen molar-refractivity contribution in [3.8, 4) is 17.6 Å². The Labute approximate surface area is 115 Å². The van der Waals surface area contributed by atoms with E-state index in [-0.39, 0.29) is 17.3 Å². The Kier molecular flexibility index (Phi) is 3.82. The second-order valence-corrected chi connectivity index (χ2v) is 4.10. The summed E-state index contributed by atoms with van der Waals surface area (Å²) in [5.41, 5.74) is 1.28. The zero-order chi connectivity index (χ0) is 14.5. The van der Waals surface area contributed by atoms with Crippen molar-refractivity contribution in [1.29, 1.82) is 5.26 Å². The minimum atomic E-state index is -0.267. The third-order valence-electron chi connectivity index (χ3n) is 2.76. The maximum atomic E-state index is 11.9. The summed E-state index contributed by atoms with van der Waals surface area (Å²) in [6.07, 6.45) is 2.73. The number of aromatic hydroxyl groups is 2. The number of benzene rings is 2. The van der Waals surface area contributed by atoms with Crippen LogP contribution in [0, 0.1) is 11.3 Å². The fraction of sp³-hybridized carbons (Fsp3) is 0. The van der Waals surface area contributed by atoms with Gasteiger partial charge in [-0.25, -0.2) is 0 Å². The van der Waals surface area contributed by atoms with Crippen LogP contribution in [0.25, 0.3) is 6.08 Å². The highest BCUT2D eigenvalue weighted by Gasteiger charge is 2.05. The molecular formula is C16H11NO3. The highest BCUT2D eigenvalue weighted by atomic mass is 16.3. The van der Waals surface area contributed by atoms with Crippen LogP contribution in [0.5, 0.6) is 11.5 Å². The molecule has 0 unspecified atom stereocenters. The van der Waals surface area contributed by atoms with Crippen LogP contribution in [0.4, 0.5) is 0 Å². The van der Waals surface area contributed by atoms with E-state index in [0.717, 1.165) is 0 Å². The van der Waals surface area contributed by atoms with E-state index in [2.05, 4.69) is 0 Å². The number of hydrogen-bond acceptors (Lipinski definition) is 4. The summed E-state index contributed by atoms with van der Waals surface area (Å²) < 4.78 is 0. The highest BCUT2D eigenvalue weighted by Crippen LogP contribution is 2.29. The lowest BCUT2D eigenvalue weighted by Gasteiger charge is -2.01. The zero-order valence-electron chi connectivity index (χ0n) is 10.4. The van der Waals surface area contributed by atoms with Gasteiger partial charge in [0.2, 0.25) is 0 Å². The van der Waals surface area contributed by atoms with Gasteiger partial charge in [0.1, 0.15) is 0 Å². The molecule has 0 aliphatic carbocycles. The van der Waals surface area contributed by atoms with Gasteiger partial charge in [-0.15, -0.1) is 0 Å². The molecule has 0 aromatic heterocycles. The van der Waals surface area contributed by atoms with Gasteiger partial charge in [0, 0.05) is 11.1 Å². The number of hydrogen-bond donors (Lipinski definition) is 2. The van der Waals surface area contributed by atoms with E-state index in [0.29, 0.717) is 16.7 Å². The summed E-state index contributed by atoms with van der Waals surface area (Å²) in [6.45, 7) is 0.